The molecule has 1 aliphatic heterocycles. The summed E-state index contributed by atoms with van der Waals surface area (Å²) >= 11 is 0. The van der Waals surface area contributed by atoms with E-state index in [0.717, 1.165) is 53.2 Å². The SMILES string of the molecule is CN(C)[C@H]1CCN(C(=O)c2ccc3c(c2)Cc2c(C(N)=O)cc(-c4ccccc4)nc2-3)C1. The fraction of sp³-hybridized carbons (Fsp3) is 0.269. The van der Waals surface area contributed by atoms with Crippen molar-refractivity contribution in [2.45, 2.75) is 18.9 Å². The third kappa shape index (κ3) is 3.46. The van der Waals surface area contributed by atoms with Gasteiger partial charge in [0.25, 0.3) is 5.91 Å². The van der Waals surface area contributed by atoms with Gasteiger partial charge in [0.1, 0.15) is 0 Å². The summed E-state index contributed by atoms with van der Waals surface area (Å²) in [5, 5.41) is 0. The van der Waals surface area contributed by atoms with Crippen LogP contribution in [0.3, 0.4) is 0 Å². The summed E-state index contributed by atoms with van der Waals surface area (Å²) in [5.41, 5.74) is 12.2. The Labute approximate surface area is 187 Å². The van der Waals surface area contributed by atoms with Gasteiger partial charge in [0.2, 0.25) is 5.91 Å². The van der Waals surface area contributed by atoms with Crippen LogP contribution in [0.25, 0.3) is 22.5 Å². The normalized spacial score (nSPS) is 16.8. The monoisotopic (exact) mass is 426 g/mol. The van der Waals surface area contributed by atoms with Gasteiger partial charge in [0, 0.05) is 47.8 Å². The van der Waals surface area contributed by atoms with Crippen molar-refractivity contribution in [2.75, 3.05) is 27.2 Å². The third-order valence-corrected chi connectivity index (χ3v) is 6.61. The highest BCUT2D eigenvalue weighted by molar-refractivity contribution is 6.00. The van der Waals surface area contributed by atoms with E-state index in [1.807, 2.05) is 53.4 Å². The molecular formula is C26H26N4O2. The summed E-state index contributed by atoms with van der Waals surface area (Å²) in [4.78, 5) is 34.4. The number of hydrogen-bond acceptors (Lipinski definition) is 4. The van der Waals surface area contributed by atoms with Crippen molar-refractivity contribution in [2.24, 2.45) is 5.73 Å². The summed E-state index contributed by atoms with van der Waals surface area (Å²) < 4.78 is 0. The average molecular weight is 427 g/mol. The standard InChI is InChI=1S/C26H26N4O2/c1-29(2)19-10-11-30(15-19)26(32)17-8-9-20-18(12-17)13-21-22(25(27)31)14-23(28-24(20)21)16-6-4-3-5-7-16/h3-9,12,14,19H,10-11,13,15H2,1-2H3,(H2,27,31)/t19-/m0/s1. The molecule has 0 saturated carbocycles. The zero-order valence-corrected chi connectivity index (χ0v) is 18.3. The lowest BCUT2D eigenvalue weighted by atomic mass is 10.0. The highest BCUT2D eigenvalue weighted by Crippen LogP contribution is 2.39. The van der Waals surface area contributed by atoms with Gasteiger partial charge in [-0.15, -0.1) is 0 Å². The van der Waals surface area contributed by atoms with Crippen LogP contribution in [0.1, 0.15) is 38.3 Å². The van der Waals surface area contributed by atoms with Gasteiger partial charge in [-0.05, 0) is 49.8 Å². The van der Waals surface area contributed by atoms with Gasteiger partial charge in [-0.3, -0.25) is 9.59 Å². The maximum Gasteiger partial charge on any atom is 0.253 e. The van der Waals surface area contributed by atoms with Gasteiger partial charge in [0.05, 0.1) is 11.4 Å². The molecule has 0 unspecified atom stereocenters. The van der Waals surface area contributed by atoms with Crippen LogP contribution in [0.5, 0.6) is 0 Å². The summed E-state index contributed by atoms with van der Waals surface area (Å²) in [6.45, 7) is 1.52. The number of pyridine rings is 1. The van der Waals surface area contributed by atoms with E-state index in [-0.39, 0.29) is 5.91 Å². The molecule has 1 fully saturated rings. The van der Waals surface area contributed by atoms with Gasteiger partial charge in [-0.25, -0.2) is 4.98 Å². The first-order valence-corrected chi connectivity index (χ1v) is 10.9. The lowest BCUT2D eigenvalue weighted by Gasteiger charge is -2.20. The van der Waals surface area contributed by atoms with Gasteiger partial charge < -0.3 is 15.5 Å². The maximum atomic E-state index is 13.1. The maximum absolute atomic E-state index is 13.1. The van der Waals surface area contributed by atoms with Crippen molar-refractivity contribution in [1.82, 2.24) is 14.8 Å². The Bertz CT molecular complexity index is 1220. The number of primary amides is 1. The van der Waals surface area contributed by atoms with Gasteiger partial charge in [-0.2, -0.15) is 0 Å². The second kappa shape index (κ2) is 7.88. The zero-order chi connectivity index (χ0) is 22.4. The van der Waals surface area contributed by atoms with Crippen molar-refractivity contribution in [1.29, 1.82) is 0 Å². The van der Waals surface area contributed by atoms with Crippen LogP contribution in [0.4, 0.5) is 0 Å². The predicted molar refractivity (Wildman–Crippen MR) is 124 cm³/mol. The topological polar surface area (TPSA) is 79.5 Å². The highest BCUT2D eigenvalue weighted by Gasteiger charge is 2.30. The Morgan fingerprint density at radius 2 is 1.88 bits per heavy atom. The number of rotatable bonds is 4. The number of amides is 2. The number of hydrogen-bond donors (Lipinski definition) is 1. The molecule has 32 heavy (non-hydrogen) atoms. The quantitative estimate of drug-likeness (QED) is 0.544. The van der Waals surface area contributed by atoms with E-state index in [1.54, 1.807) is 6.07 Å². The minimum absolute atomic E-state index is 0.0566. The van der Waals surface area contributed by atoms with Crippen LogP contribution in [0.15, 0.2) is 54.6 Å². The number of nitrogens with two attached hydrogens (primary N) is 1. The number of likely N-dealkylation sites (tertiary alicyclic amines) is 1. The van der Waals surface area contributed by atoms with E-state index in [1.165, 1.54) is 0 Å². The second-order valence-electron chi connectivity index (χ2n) is 8.82. The second-order valence-corrected chi connectivity index (χ2v) is 8.82. The van der Waals surface area contributed by atoms with Crippen molar-refractivity contribution >= 4 is 11.8 Å². The molecule has 1 aromatic heterocycles. The summed E-state index contributed by atoms with van der Waals surface area (Å²) in [7, 11) is 4.11. The molecule has 2 amide bonds. The number of nitrogens with zero attached hydrogens (tertiary/aromatic N) is 3. The Morgan fingerprint density at radius 3 is 2.56 bits per heavy atom. The number of likely N-dealkylation sites (N-methyl/N-ethyl adjacent to an activating group) is 1. The molecule has 5 rings (SSSR count). The Morgan fingerprint density at radius 1 is 1.09 bits per heavy atom. The fourth-order valence-electron chi connectivity index (χ4n) is 4.77. The predicted octanol–water partition coefficient (Wildman–Crippen LogP) is 3.19. The number of carbonyl (C=O) groups excluding carboxylic acids is 2. The fourth-order valence-corrected chi connectivity index (χ4v) is 4.77. The minimum Gasteiger partial charge on any atom is -0.366 e. The van der Waals surface area contributed by atoms with Crippen LogP contribution in [-0.2, 0) is 6.42 Å². The summed E-state index contributed by atoms with van der Waals surface area (Å²) in [6, 6.07) is 17.7. The zero-order valence-electron chi connectivity index (χ0n) is 18.3. The minimum atomic E-state index is -0.461. The molecule has 2 N–H and O–H groups in total. The van der Waals surface area contributed by atoms with Crippen molar-refractivity contribution in [3.05, 3.63) is 76.9 Å². The van der Waals surface area contributed by atoms with Gasteiger partial charge in [-0.1, -0.05) is 36.4 Å². The summed E-state index contributed by atoms with van der Waals surface area (Å²) in [5.74, 6) is -0.405. The average Bonchev–Trinajstić information content (AvgIpc) is 3.43. The third-order valence-electron chi connectivity index (χ3n) is 6.61. The Hall–Kier alpha value is -3.51. The van der Waals surface area contributed by atoms with Crippen LogP contribution >= 0.6 is 0 Å². The molecule has 2 aromatic carbocycles. The molecule has 6 nitrogen and oxygen atoms in total. The van der Waals surface area contributed by atoms with E-state index in [2.05, 4.69) is 19.0 Å². The molecule has 0 radical (unpaired) electrons. The summed E-state index contributed by atoms with van der Waals surface area (Å²) in [6.07, 6.45) is 1.54. The first kappa shape index (κ1) is 20.4. The molecule has 1 saturated heterocycles. The molecule has 6 heteroatoms. The lowest BCUT2D eigenvalue weighted by Crippen LogP contribution is -2.34. The molecule has 0 spiro atoms. The van der Waals surface area contributed by atoms with Crippen molar-refractivity contribution in [3.63, 3.8) is 0 Å². The van der Waals surface area contributed by atoms with Crippen LogP contribution in [0, 0.1) is 0 Å². The van der Waals surface area contributed by atoms with Crippen molar-refractivity contribution in [3.8, 4) is 22.5 Å². The van der Waals surface area contributed by atoms with Crippen LogP contribution in [0.2, 0.25) is 0 Å². The Kier molecular flexibility index (Phi) is 5.02. The molecule has 162 valence electrons. The number of benzene rings is 2. The Balaban J connectivity index is 1.50. The first-order valence-electron chi connectivity index (χ1n) is 10.9. The smallest absolute Gasteiger partial charge is 0.253 e. The van der Waals surface area contributed by atoms with E-state index >= 15 is 0 Å². The van der Waals surface area contributed by atoms with E-state index < -0.39 is 5.91 Å². The largest absolute Gasteiger partial charge is 0.366 e. The van der Waals surface area contributed by atoms with Gasteiger partial charge in [0.15, 0.2) is 0 Å². The molecular weight excluding hydrogens is 400 g/mol. The van der Waals surface area contributed by atoms with E-state index in [9.17, 15) is 9.59 Å². The highest BCUT2D eigenvalue weighted by atomic mass is 16.2. The molecule has 0 bridgehead atoms. The van der Waals surface area contributed by atoms with Crippen LogP contribution < -0.4 is 5.73 Å². The van der Waals surface area contributed by atoms with E-state index in [0.29, 0.717) is 23.6 Å². The number of carbonyl (C=O) groups is 2. The van der Waals surface area contributed by atoms with E-state index in [4.69, 9.17) is 10.7 Å². The van der Waals surface area contributed by atoms with Crippen LogP contribution in [-0.4, -0.2) is 59.8 Å². The molecule has 3 aromatic rings. The number of fused-ring (bicyclic) bond motifs is 3. The van der Waals surface area contributed by atoms with Gasteiger partial charge >= 0.3 is 0 Å². The molecule has 1 aliphatic carbocycles. The molecule has 2 aliphatic rings. The lowest BCUT2D eigenvalue weighted by molar-refractivity contribution is 0.0782. The molecule has 2 heterocycles. The van der Waals surface area contributed by atoms with Crippen molar-refractivity contribution < 1.29 is 9.59 Å². The molecule has 1 atom stereocenters. The first-order chi connectivity index (χ1) is 15.4. The number of aromatic nitrogens is 1.